The summed E-state index contributed by atoms with van der Waals surface area (Å²) in [6, 6.07) is 11.2. The zero-order valence-corrected chi connectivity index (χ0v) is 19.3. The van der Waals surface area contributed by atoms with Crippen molar-refractivity contribution in [1.29, 1.82) is 0 Å². The number of rotatable bonds is 6. The van der Waals surface area contributed by atoms with Crippen LogP contribution in [0.1, 0.15) is 36.7 Å². The molecule has 170 valence electrons. The zero-order chi connectivity index (χ0) is 23.0. The van der Waals surface area contributed by atoms with E-state index in [2.05, 4.69) is 4.98 Å². The first-order valence-electron chi connectivity index (χ1n) is 10.6. The van der Waals surface area contributed by atoms with Gasteiger partial charge in [-0.2, -0.15) is 0 Å². The molecule has 0 N–H and O–H groups in total. The van der Waals surface area contributed by atoms with Gasteiger partial charge in [0.1, 0.15) is 11.6 Å². The van der Waals surface area contributed by atoms with Crippen molar-refractivity contribution in [2.45, 2.75) is 36.6 Å². The molecule has 0 bridgehead atoms. The van der Waals surface area contributed by atoms with E-state index in [0.29, 0.717) is 24.9 Å². The number of hydrogen-bond acceptors (Lipinski definition) is 4. The standard InChI is InChI=1S/C23H27FN4O3S/c1-26(2)32(30,31)18-10-11-21-19(15-18)25-22(27(21)3)12-13-23(29)28-14-4-5-20(28)16-6-8-17(24)9-7-16/h6-11,15,20H,4-5,12-14H2,1-3H3. The summed E-state index contributed by atoms with van der Waals surface area (Å²) in [6.07, 6.45) is 2.54. The van der Waals surface area contributed by atoms with Crippen LogP contribution in [-0.4, -0.2) is 53.7 Å². The van der Waals surface area contributed by atoms with Crippen molar-refractivity contribution >= 4 is 27.0 Å². The number of halogens is 1. The molecule has 4 rings (SSSR count). The molecule has 1 atom stereocenters. The van der Waals surface area contributed by atoms with E-state index in [1.807, 2.05) is 16.5 Å². The van der Waals surface area contributed by atoms with Gasteiger partial charge in [-0.05, 0) is 48.7 Å². The van der Waals surface area contributed by atoms with Crippen LogP contribution < -0.4 is 0 Å². The van der Waals surface area contributed by atoms with Gasteiger partial charge in [-0.1, -0.05) is 12.1 Å². The fourth-order valence-corrected chi connectivity index (χ4v) is 5.21. The molecule has 32 heavy (non-hydrogen) atoms. The molecule has 1 saturated heterocycles. The topological polar surface area (TPSA) is 75.5 Å². The molecule has 1 aliphatic rings. The lowest BCUT2D eigenvalue weighted by molar-refractivity contribution is -0.132. The minimum absolute atomic E-state index is 0.0256. The summed E-state index contributed by atoms with van der Waals surface area (Å²) in [7, 11) is 1.31. The molecular weight excluding hydrogens is 431 g/mol. The lowest BCUT2D eigenvalue weighted by atomic mass is 10.0. The van der Waals surface area contributed by atoms with Crippen LogP contribution in [0.5, 0.6) is 0 Å². The Morgan fingerprint density at radius 1 is 1.19 bits per heavy atom. The van der Waals surface area contributed by atoms with Gasteiger partial charge < -0.3 is 9.47 Å². The lowest BCUT2D eigenvalue weighted by Crippen LogP contribution is -2.30. The van der Waals surface area contributed by atoms with Gasteiger partial charge in [0, 0.05) is 40.5 Å². The molecule has 1 aromatic heterocycles. The Hall–Kier alpha value is -2.78. The molecule has 1 aliphatic heterocycles. The van der Waals surface area contributed by atoms with Crippen molar-refractivity contribution in [3.8, 4) is 0 Å². The van der Waals surface area contributed by atoms with Gasteiger partial charge >= 0.3 is 0 Å². The van der Waals surface area contributed by atoms with Crippen LogP contribution in [0.3, 0.4) is 0 Å². The third-order valence-electron chi connectivity index (χ3n) is 6.11. The van der Waals surface area contributed by atoms with Gasteiger partial charge in [-0.25, -0.2) is 22.1 Å². The Morgan fingerprint density at radius 3 is 2.59 bits per heavy atom. The molecule has 3 aromatic rings. The SMILES string of the molecule is CN(C)S(=O)(=O)c1ccc2c(c1)nc(CCC(=O)N1CCCC1c1ccc(F)cc1)n2C. The molecule has 0 radical (unpaired) electrons. The van der Waals surface area contributed by atoms with Crippen LogP contribution >= 0.6 is 0 Å². The molecule has 1 fully saturated rings. The predicted molar refractivity (Wildman–Crippen MR) is 120 cm³/mol. The van der Waals surface area contributed by atoms with Crippen LogP contribution in [0.2, 0.25) is 0 Å². The molecule has 0 spiro atoms. The molecule has 7 nitrogen and oxygen atoms in total. The number of fused-ring (bicyclic) bond motifs is 1. The van der Waals surface area contributed by atoms with Crippen molar-refractivity contribution in [2.75, 3.05) is 20.6 Å². The van der Waals surface area contributed by atoms with Crippen LogP contribution in [-0.2, 0) is 28.3 Å². The number of carbonyl (C=O) groups is 1. The zero-order valence-electron chi connectivity index (χ0n) is 18.5. The molecule has 2 heterocycles. The molecule has 2 aromatic carbocycles. The summed E-state index contributed by atoms with van der Waals surface area (Å²) in [4.78, 5) is 19.6. The predicted octanol–water partition coefficient (Wildman–Crippen LogP) is 3.26. The van der Waals surface area contributed by atoms with Crippen molar-refractivity contribution < 1.29 is 17.6 Å². The number of nitrogens with zero attached hydrogens (tertiary/aromatic N) is 4. The van der Waals surface area contributed by atoms with Crippen molar-refractivity contribution in [2.24, 2.45) is 7.05 Å². The number of hydrogen-bond donors (Lipinski definition) is 0. The van der Waals surface area contributed by atoms with E-state index < -0.39 is 10.0 Å². The van der Waals surface area contributed by atoms with E-state index in [0.717, 1.165) is 29.7 Å². The fourth-order valence-electron chi connectivity index (χ4n) is 4.28. The number of likely N-dealkylation sites (tertiary alicyclic amines) is 1. The van der Waals surface area contributed by atoms with E-state index >= 15 is 0 Å². The first kappa shape index (κ1) is 22.4. The number of benzene rings is 2. The Morgan fingerprint density at radius 2 is 1.91 bits per heavy atom. The number of aromatic nitrogens is 2. The first-order chi connectivity index (χ1) is 15.2. The third kappa shape index (κ3) is 4.14. The Kier molecular flexibility index (Phi) is 6.05. The number of aryl methyl sites for hydroxylation is 2. The summed E-state index contributed by atoms with van der Waals surface area (Å²) in [6.45, 7) is 0.690. The van der Waals surface area contributed by atoms with Crippen LogP contribution in [0.15, 0.2) is 47.4 Å². The largest absolute Gasteiger partial charge is 0.336 e. The van der Waals surface area contributed by atoms with Gasteiger partial charge in [0.2, 0.25) is 15.9 Å². The van der Waals surface area contributed by atoms with Crippen molar-refractivity contribution in [1.82, 2.24) is 18.8 Å². The van der Waals surface area contributed by atoms with Gasteiger partial charge in [0.25, 0.3) is 0 Å². The highest BCUT2D eigenvalue weighted by atomic mass is 32.2. The molecule has 0 aliphatic carbocycles. The number of carbonyl (C=O) groups excluding carboxylic acids is 1. The lowest BCUT2D eigenvalue weighted by Gasteiger charge is -2.25. The average molecular weight is 459 g/mol. The van der Waals surface area contributed by atoms with Crippen LogP contribution in [0.4, 0.5) is 4.39 Å². The summed E-state index contributed by atoms with van der Waals surface area (Å²) < 4.78 is 41.2. The average Bonchev–Trinajstić information content (AvgIpc) is 3.37. The third-order valence-corrected chi connectivity index (χ3v) is 7.92. The highest BCUT2D eigenvalue weighted by molar-refractivity contribution is 7.89. The minimum atomic E-state index is -3.54. The molecular formula is C23H27FN4O3S. The summed E-state index contributed by atoms with van der Waals surface area (Å²) in [5.74, 6) is 0.484. The molecule has 9 heteroatoms. The number of imidazole rings is 1. The van der Waals surface area contributed by atoms with Gasteiger partial charge in [0.05, 0.1) is 22.0 Å². The maximum absolute atomic E-state index is 13.3. The normalized spacial score (nSPS) is 16.9. The maximum atomic E-state index is 13.3. The molecule has 1 amide bonds. The monoisotopic (exact) mass is 458 g/mol. The van der Waals surface area contributed by atoms with E-state index in [1.54, 1.807) is 30.3 Å². The molecule has 0 saturated carbocycles. The van der Waals surface area contributed by atoms with E-state index in [9.17, 15) is 17.6 Å². The van der Waals surface area contributed by atoms with Gasteiger partial charge in [-0.15, -0.1) is 0 Å². The highest BCUT2D eigenvalue weighted by Gasteiger charge is 2.30. The van der Waals surface area contributed by atoms with E-state index in [4.69, 9.17) is 0 Å². The van der Waals surface area contributed by atoms with Crippen molar-refractivity contribution in [3.05, 3.63) is 59.7 Å². The summed E-state index contributed by atoms with van der Waals surface area (Å²) >= 11 is 0. The van der Waals surface area contributed by atoms with Gasteiger partial charge in [0.15, 0.2) is 0 Å². The summed E-state index contributed by atoms with van der Waals surface area (Å²) in [5, 5.41) is 0. The van der Waals surface area contributed by atoms with Gasteiger partial charge in [-0.3, -0.25) is 4.79 Å². The minimum Gasteiger partial charge on any atom is -0.336 e. The summed E-state index contributed by atoms with van der Waals surface area (Å²) in [5.41, 5.74) is 2.35. The van der Waals surface area contributed by atoms with E-state index in [1.165, 1.54) is 30.5 Å². The Labute approximate surface area is 187 Å². The Bertz CT molecular complexity index is 1250. The van der Waals surface area contributed by atoms with E-state index in [-0.39, 0.29) is 22.7 Å². The molecule has 1 unspecified atom stereocenters. The second-order valence-electron chi connectivity index (χ2n) is 8.32. The Balaban J connectivity index is 1.50. The number of sulfonamides is 1. The quantitative estimate of drug-likeness (QED) is 0.568. The first-order valence-corrected chi connectivity index (χ1v) is 12.1. The second kappa shape index (κ2) is 8.63. The van der Waals surface area contributed by atoms with Crippen LogP contribution in [0.25, 0.3) is 11.0 Å². The fraction of sp³-hybridized carbons (Fsp3) is 0.391. The highest BCUT2D eigenvalue weighted by Crippen LogP contribution is 2.32. The maximum Gasteiger partial charge on any atom is 0.242 e. The number of amides is 1. The van der Waals surface area contributed by atoms with Crippen LogP contribution in [0, 0.1) is 5.82 Å². The smallest absolute Gasteiger partial charge is 0.242 e. The second-order valence-corrected chi connectivity index (χ2v) is 10.5. The van der Waals surface area contributed by atoms with Crippen molar-refractivity contribution in [3.63, 3.8) is 0 Å².